The van der Waals surface area contributed by atoms with Crippen LogP contribution < -0.4 is 5.32 Å². The summed E-state index contributed by atoms with van der Waals surface area (Å²) in [5.74, 6) is 0.963. The first kappa shape index (κ1) is 14.1. The largest absolute Gasteiger partial charge is 0.465 e. The molecule has 1 aromatic rings. The van der Waals surface area contributed by atoms with Gasteiger partial charge in [-0.2, -0.15) is 0 Å². The van der Waals surface area contributed by atoms with Crippen LogP contribution in [-0.2, 0) is 16.0 Å². The van der Waals surface area contributed by atoms with E-state index in [1.54, 1.807) is 13.0 Å². The second kappa shape index (κ2) is 5.75. The van der Waals surface area contributed by atoms with Crippen molar-refractivity contribution in [3.63, 3.8) is 0 Å². The highest BCUT2D eigenvalue weighted by molar-refractivity contribution is 5.90. The van der Waals surface area contributed by atoms with Gasteiger partial charge in [-0.15, -0.1) is 0 Å². The summed E-state index contributed by atoms with van der Waals surface area (Å²) in [6.45, 7) is 6.07. The number of carbonyl (C=O) groups excluding carboxylic acids is 1. The highest BCUT2D eigenvalue weighted by atomic mass is 16.5. The van der Waals surface area contributed by atoms with Gasteiger partial charge >= 0.3 is 5.97 Å². The fraction of sp³-hybridized carbons (Fsp3) is 0.643. The first-order chi connectivity index (χ1) is 9.04. The summed E-state index contributed by atoms with van der Waals surface area (Å²) < 4.78 is 15.9. The van der Waals surface area contributed by atoms with Crippen molar-refractivity contribution < 1.29 is 18.7 Å². The number of rotatable bonds is 5. The SMILES string of the molecule is COC(=O)c1cc(CNCC2(C)CCCO2)oc1C. The molecule has 0 amide bonds. The topological polar surface area (TPSA) is 60.7 Å². The van der Waals surface area contributed by atoms with Crippen LogP contribution in [0.25, 0.3) is 0 Å². The Bertz CT molecular complexity index is 446. The van der Waals surface area contributed by atoms with Crippen LogP contribution in [0.1, 0.15) is 41.6 Å². The van der Waals surface area contributed by atoms with Gasteiger partial charge in [-0.3, -0.25) is 0 Å². The Balaban J connectivity index is 1.88. The van der Waals surface area contributed by atoms with E-state index >= 15 is 0 Å². The van der Waals surface area contributed by atoms with Crippen molar-refractivity contribution in [1.82, 2.24) is 5.32 Å². The number of methoxy groups -OCH3 is 1. The zero-order chi connectivity index (χ0) is 13.9. The van der Waals surface area contributed by atoms with Gasteiger partial charge in [0.2, 0.25) is 0 Å². The summed E-state index contributed by atoms with van der Waals surface area (Å²) in [5.41, 5.74) is 0.412. The fourth-order valence-electron chi connectivity index (χ4n) is 2.37. The van der Waals surface area contributed by atoms with E-state index in [2.05, 4.69) is 12.2 Å². The third-order valence-electron chi connectivity index (χ3n) is 3.47. The predicted octanol–water partition coefficient (Wildman–Crippen LogP) is 2.03. The van der Waals surface area contributed by atoms with Crippen LogP contribution in [0, 0.1) is 6.92 Å². The van der Waals surface area contributed by atoms with Crippen LogP contribution in [0.15, 0.2) is 10.5 Å². The molecule has 2 heterocycles. The molecular weight excluding hydrogens is 246 g/mol. The molecule has 1 fully saturated rings. The van der Waals surface area contributed by atoms with E-state index in [4.69, 9.17) is 13.9 Å². The first-order valence-corrected chi connectivity index (χ1v) is 6.56. The van der Waals surface area contributed by atoms with Crippen molar-refractivity contribution in [1.29, 1.82) is 0 Å². The van der Waals surface area contributed by atoms with Crippen LogP contribution in [-0.4, -0.2) is 31.8 Å². The minimum Gasteiger partial charge on any atom is -0.465 e. The van der Waals surface area contributed by atoms with Gasteiger partial charge in [0.15, 0.2) is 0 Å². The predicted molar refractivity (Wildman–Crippen MR) is 70.1 cm³/mol. The third-order valence-corrected chi connectivity index (χ3v) is 3.47. The number of carbonyl (C=O) groups is 1. The second-order valence-electron chi connectivity index (χ2n) is 5.18. The summed E-state index contributed by atoms with van der Waals surface area (Å²) in [7, 11) is 1.37. The number of hydrogen-bond acceptors (Lipinski definition) is 5. The summed E-state index contributed by atoms with van der Waals surface area (Å²) >= 11 is 0. The molecular formula is C14H21NO4. The summed E-state index contributed by atoms with van der Waals surface area (Å²) in [6.07, 6.45) is 2.19. The van der Waals surface area contributed by atoms with E-state index in [1.165, 1.54) is 7.11 Å². The normalized spacial score (nSPS) is 22.7. The number of ether oxygens (including phenoxy) is 2. The summed E-state index contributed by atoms with van der Waals surface area (Å²) in [4.78, 5) is 11.5. The maximum Gasteiger partial charge on any atom is 0.341 e. The molecule has 5 nitrogen and oxygen atoms in total. The quantitative estimate of drug-likeness (QED) is 0.827. The highest BCUT2D eigenvalue weighted by Crippen LogP contribution is 2.24. The Kier molecular flexibility index (Phi) is 4.27. The van der Waals surface area contributed by atoms with E-state index in [1.807, 2.05) is 0 Å². The first-order valence-electron chi connectivity index (χ1n) is 6.56. The Morgan fingerprint density at radius 3 is 3.00 bits per heavy atom. The van der Waals surface area contributed by atoms with Gasteiger partial charge in [-0.1, -0.05) is 0 Å². The monoisotopic (exact) mass is 267 g/mol. The minimum absolute atomic E-state index is 0.0766. The Labute approximate surface area is 113 Å². The Morgan fingerprint density at radius 1 is 1.58 bits per heavy atom. The van der Waals surface area contributed by atoms with Crippen molar-refractivity contribution in [2.75, 3.05) is 20.3 Å². The molecule has 2 rings (SSSR count). The summed E-state index contributed by atoms with van der Waals surface area (Å²) in [6, 6.07) is 1.73. The maximum atomic E-state index is 11.5. The molecule has 1 aliphatic heterocycles. The average Bonchev–Trinajstić information content (AvgIpc) is 2.96. The Morgan fingerprint density at radius 2 is 2.37 bits per heavy atom. The fourth-order valence-corrected chi connectivity index (χ4v) is 2.37. The van der Waals surface area contributed by atoms with Crippen LogP contribution >= 0.6 is 0 Å². The van der Waals surface area contributed by atoms with Crippen LogP contribution in [0.2, 0.25) is 0 Å². The van der Waals surface area contributed by atoms with Crippen molar-refractivity contribution in [2.24, 2.45) is 0 Å². The van der Waals surface area contributed by atoms with Gasteiger partial charge < -0.3 is 19.2 Å². The molecule has 0 aliphatic carbocycles. The van der Waals surface area contributed by atoms with Gasteiger partial charge in [0.1, 0.15) is 17.1 Å². The molecule has 0 spiro atoms. The number of aryl methyl sites for hydroxylation is 1. The molecule has 106 valence electrons. The standard InChI is InChI=1S/C14H21NO4/c1-10-12(13(16)17-3)7-11(19-10)8-15-9-14(2)5-4-6-18-14/h7,15H,4-6,8-9H2,1-3H3. The molecule has 0 radical (unpaired) electrons. The number of nitrogens with one attached hydrogen (secondary N) is 1. The van der Waals surface area contributed by atoms with Crippen molar-refractivity contribution in [3.05, 3.63) is 23.2 Å². The zero-order valence-electron chi connectivity index (χ0n) is 11.7. The van der Waals surface area contributed by atoms with Gasteiger partial charge in [0, 0.05) is 13.2 Å². The molecule has 0 bridgehead atoms. The Hall–Kier alpha value is -1.33. The molecule has 1 unspecified atom stereocenters. The minimum atomic E-state index is -0.362. The highest BCUT2D eigenvalue weighted by Gasteiger charge is 2.29. The average molecular weight is 267 g/mol. The van der Waals surface area contributed by atoms with E-state index in [-0.39, 0.29) is 11.6 Å². The molecule has 0 aromatic carbocycles. The van der Waals surface area contributed by atoms with Gasteiger partial charge in [-0.05, 0) is 32.8 Å². The van der Waals surface area contributed by atoms with E-state index in [9.17, 15) is 4.79 Å². The van der Waals surface area contributed by atoms with Crippen molar-refractivity contribution in [3.8, 4) is 0 Å². The second-order valence-corrected chi connectivity index (χ2v) is 5.18. The van der Waals surface area contributed by atoms with Crippen molar-refractivity contribution in [2.45, 2.75) is 38.8 Å². The number of esters is 1. The molecule has 1 saturated heterocycles. The molecule has 1 aliphatic rings. The van der Waals surface area contributed by atoms with E-state index < -0.39 is 0 Å². The molecule has 0 saturated carbocycles. The molecule has 5 heteroatoms. The maximum absolute atomic E-state index is 11.5. The molecule has 1 aromatic heterocycles. The lowest BCUT2D eigenvalue weighted by Gasteiger charge is -2.23. The van der Waals surface area contributed by atoms with Crippen LogP contribution in [0.3, 0.4) is 0 Å². The zero-order valence-corrected chi connectivity index (χ0v) is 11.7. The van der Waals surface area contributed by atoms with Crippen LogP contribution in [0.5, 0.6) is 0 Å². The lowest BCUT2D eigenvalue weighted by Crippen LogP contribution is -2.36. The number of furan rings is 1. The number of hydrogen-bond donors (Lipinski definition) is 1. The van der Waals surface area contributed by atoms with Crippen LogP contribution in [0.4, 0.5) is 0 Å². The lowest BCUT2D eigenvalue weighted by atomic mass is 10.0. The van der Waals surface area contributed by atoms with Gasteiger partial charge in [0.05, 0.1) is 19.3 Å². The van der Waals surface area contributed by atoms with E-state index in [0.29, 0.717) is 17.9 Å². The smallest absolute Gasteiger partial charge is 0.341 e. The van der Waals surface area contributed by atoms with Gasteiger partial charge in [-0.25, -0.2) is 4.79 Å². The summed E-state index contributed by atoms with van der Waals surface area (Å²) in [5, 5.41) is 3.31. The lowest BCUT2D eigenvalue weighted by molar-refractivity contribution is 0.0204. The molecule has 1 atom stereocenters. The third kappa shape index (κ3) is 3.36. The van der Waals surface area contributed by atoms with Gasteiger partial charge in [0.25, 0.3) is 0 Å². The van der Waals surface area contributed by atoms with E-state index in [0.717, 1.165) is 31.8 Å². The van der Waals surface area contributed by atoms with Crippen molar-refractivity contribution >= 4 is 5.97 Å². The molecule has 19 heavy (non-hydrogen) atoms. The molecule has 1 N–H and O–H groups in total.